The molecule has 0 fully saturated rings. The minimum atomic E-state index is -0.397. The van der Waals surface area contributed by atoms with Gasteiger partial charge in [-0.3, -0.25) is 14.5 Å². The number of amides is 2. The van der Waals surface area contributed by atoms with Crippen molar-refractivity contribution in [1.82, 2.24) is 19.7 Å². The first-order valence-electron chi connectivity index (χ1n) is 9.44. The quantitative estimate of drug-likeness (QED) is 0.476. The van der Waals surface area contributed by atoms with E-state index in [2.05, 4.69) is 11.1 Å². The molecule has 2 amide bonds. The molecular weight excluding hydrogens is 383 g/mol. The minimum Gasteiger partial charge on any atom is -0.277 e. The summed E-state index contributed by atoms with van der Waals surface area (Å²) in [5.41, 5.74) is 5.02. The lowest BCUT2D eigenvalue weighted by molar-refractivity contribution is 0.0693. The van der Waals surface area contributed by atoms with Crippen molar-refractivity contribution >= 4 is 22.8 Å². The third kappa shape index (κ3) is 2.55. The van der Waals surface area contributed by atoms with Gasteiger partial charge in [0.1, 0.15) is 11.5 Å². The number of carbonyl (C=O) groups excluding carboxylic acids is 2. The van der Waals surface area contributed by atoms with E-state index in [4.69, 9.17) is 5.10 Å². The van der Waals surface area contributed by atoms with Gasteiger partial charge >= 0.3 is 0 Å². The molecule has 0 atom stereocenters. The lowest BCUT2D eigenvalue weighted by atomic mass is 10.0. The van der Waals surface area contributed by atoms with E-state index in [0.29, 0.717) is 22.3 Å². The van der Waals surface area contributed by atoms with Gasteiger partial charge in [-0.1, -0.05) is 6.07 Å². The fourth-order valence-electron chi connectivity index (χ4n) is 3.97. The Balaban J connectivity index is 1.89. The molecule has 0 saturated heterocycles. The van der Waals surface area contributed by atoms with Gasteiger partial charge < -0.3 is 0 Å². The second kappa shape index (κ2) is 6.32. The van der Waals surface area contributed by atoms with E-state index in [1.54, 1.807) is 16.8 Å². The molecule has 7 heteroatoms. The van der Waals surface area contributed by atoms with E-state index in [0.717, 1.165) is 21.7 Å². The van der Waals surface area contributed by atoms with Crippen LogP contribution >= 0.6 is 0 Å². The number of nitrogens with zero attached hydrogens (tertiary/aromatic N) is 4. The fraction of sp³-hybridized carbons (Fsp3) is 0.130. The maximum atomic E-state index is 13.5. The number of aryl methyl sites for hydroxylation is 2. The van der Waals surface area contributed by atoms with Gasteiger partial charge in [0.2, 0.25) is 0 Å². The zero-order valence-corrected chi connectivity index (χ0v) is 16.6. The first-order valence-corrected chi connectivity index (χ1v) is 9.44. The number of hydrogen-bond acceptors (Lipinski definition) is 4. The highest BCUT2D eigenvalue weighted by Gasteiger charge is 2.37. The van der Waals surface area contributed by atoms with Crippen LogP contribution in [0.25, 0.3) is 28.0 Å². The van der Waals surface area contributed by atoms with Crippen molar-refractivity contribution in [3.8, 4) is 16.9 Å². The smallest absolute Gasteiger partial charge is 0.262 e. The number of aromatic nitrogens is 3. The van der Waals surface area contributed by atoms with Gasteiger partial charge in [-0.2, -0.15) is 5.10 Å². The van der Waals surface area contributed by atoms with Gasteiger partial charge in [0, 0.05) is 18.8 Å². The van der Waals surface area contributed by atoms with Gasteiger partial charge in [0.25, 0.3) is 11.8 Å². The number of benzene rings is 2. The molecule has 3 heterocycles. The number of rotatable bonds is 2. The van der Waals surface area contributed by atoms with Crippen molar-refractivity contribution in [3.05, 3.63) is 76.7 Å². The van der Waals surface area contributed by atoms with Gasteiger partial charge in [0.05, 0.1) is 22.2 Å². The zero-order valence-electron chi connectivity index (χ0n) is 16.6. The summed E-state index contributed by atoms with van der Waals surface area (Å²) in [7, 11) is 1.45. The highest BCUT2D eigenvalue weighted by atomic mass is 19.1. The molecule has 4 aromatic rings. The van der Waals surface area contributed by atoms with Gasteiger partial charge in [-0.05, 0) is 61.4 Å². The average molecular weight is 400 g/mol. The summed E-state index contributed by atoms with van der Waals surface area (Å²) in [5.74, 6) is -1.16. The van der Waals surface area contributed by atoms with Crippen molar-refractivity contribution in [2.45, 2.75) is 13.8 Å². The van der Waals surface area contributed by atoms with Crippen molar-refractivity contribution in [1.29, 1.82) is 0 Å². The fourth-order valence-corrected chi connectivity index (χ4v) is 3.97. The maximum Gasteiger partial charge on any atom is 0.262 e. The number of pyridine rings is 1. The van der Waals surface area contributed by atoms with Crippen LogP contribution in [0.5, 0.6) is 0 Å². The van der Waals surface area contributed by atoms with Crippen LogP contribution in [0.4, 0.5) is 4.39 Å². The van der Waals surface area contributed by atoms with Crippen LogP contribution in [-0.2, 0) is 0 Å². The Kier molecular flexibility index (Phi) is 3.83. The Morgan fingerprint density at radius 3 is 2.27 bits per heavy atom. The summed E-state index contributed by atoms with van der Waals surface area (Å²) >= 11 is 0. The molecular formula is C23H17FN4O2. The maximum absolute atomic E-state index is 13.5. The molecule has 0 aliphatic carbocycles. The number of imide groups is 1. The van der Waals surface area contributed by atoms with Crippen LogP contribution < -0.4 is 0 Å². The number of carbonyl (C=O) groups is 2. The van der Waals surface area contributed by atoms with Crippen LogP contribution in [0.3, 0.4) is 0 Å². The van der Waals surface area contributed by atoms with Crippen LogP contribution in [0.1, 0.15) is 31.8 Å². The monoisotopic (exact) mass is 400 g/mol. The van der Waals surface area contributed by atoms with Gasteiger partial charge in [0.15, 0.2) is 5.65 Å². The zero-order chi connectivity index (χ0) is 21.2. The molecule has 0 bridgehead atoms. The van der Waals surface area contributed by atoms with Gasteiger partial charge in [-0.15, -0.1) is 0 Å². The number of fused-ring (bicyclic) bond motifs is 3. The first-order chi connectivity index (χ1) is 14.3. The molecule has 0 radical (unpaired) electrons. The predicted octanol–water partition coefficient (Wildman–Crippen LogP) is 4.07. The molecule has 0 unspecified atom stereocenters. The molecule has 1 aliphatic heterocycles. The van der Waals surface area contributed by atoms with E-state index >= 15 is 0 Å². The van der Waals surface area contributed by atoms with Crippen LogP contribution in [0, 0.1) is 19.7 Å². The number of hydrogen-bond donors (Lipinski definition) is 0. The molecule has 148 valence electrons. The first kappa shape index (κ1) is 18.2. The molecule has 0 saturated carbocycles. The standard InChI is InChI=1S/C23H17FN4O2/c1-12-8-13(2)10-16(9-12)28-21-19(20(26-28)14-4-6-15(24)7-5-14)18-17(11-25-21)22(29)27(3)23(18)30/h4-11H,1-3H3. The lowest BCUT2D eigenvalue weighted by Crippen LogP contribution is -2.24. The predicted molar refractivity (Wildman–Crippen MR) is 110 cm³/mol. The molecule has 0 N–H and O–H groups in total. The molecule has 2 aromatic heterocycles. The van der Waals surface area contributed by atoms with E-state index in [1.165, 1.54) is 25.4 Å². The summed E-state index contributed by atoms with van der Waals surface area (Å²) in [6, 6.07) is 11.9. The Labute approximate surface area is 171 Å². The summed E-state index contributed by atoms with van der Waals surface area (Å²) in [6.45, 7) is 3.98. The molecule has 1 aliphatic rings. The van der Waals surface area contributed by atoms with E-state index in [9.17, 15) is 14.0 Å². The van der Waals surface area contributed by atoms with Crippen molar-refractivity contribution in [2.75, 3.05) is 7.05 Å². The summed E-state index contributed by atoms with van der Waals surface area (Å²) < 4.78 is 15.2. The Morgan fingerprint density at radius 1 is 0.933 bits per heavy atom. The van der Waals surface area contributed by atoms with Crippen LogP contribution in [0.15, 0.2) is 48.7 Å². The molecule has 0 spiro atoms. The van der Waals surface area contributed by atoms with E-state index in [1.807, 2.05) is 26.0 Å². The highest BCUT2D eigenvalue weighted by Crippen LogP contribution is 2.36. The Bertz CT molecular complexity index is 1350. The SMILES string of the molecule is Cc1cc(C)cc(-n2nc(-c3ccc(F)cc3)c3c4c(cnc32)C(=O)N(C)C4=O)c1. The highest BCUT2D eigenvalue weighted by molar-refractivity contribution is 6.27. The summed E-state index contributed by atoms with van der Waals surface area (Å²) in [4.78, 5) is 31.0. The lowest BCUT2D eigenvalue weighted by Gasteiger charge is -2.06. The Morgan fingerprint density at radius 2 is 1.60 bits per heavy atom. The molecule has 6 nitrogen and oxygen atoms in total. The average Bonchev–Trinajstić information content (AvgIpc) is 3.20. The third-order valence-electron chi connectivity index (χ3n) is 5.32. The van der Waals surface area contributed by atoms with Crippen molar-refractivity contribution < 1.29 is 14.0 Å². The van der Waals surface area contributed by atoms with Crippen LogP contribution in [-0.4, -0.2) is 38.5 Å². The van der Waals surface area contributed by atoms with Gasteiger partial charge in [-0.25, -0.2) is 14.1 Å². The van der Waals surface area contributed by atoms with Crippen LogP contribution in [0.2, 0.25) is 0 Å². The van der Waals surface area contributed by atoms with Crippen molar-refractivity contribution in [3.63, 3.8) is 0 Å². The summed E-state index contributed by atoms with van der Waals surface area (Å²) in [6.07, 6.45) is 1.43. The minimum absolute atomic E-state index is 0.248. The second-order valence-corrected chi connectivity index (χ2v) is 7.53. The molecule has 5 rings (SSSR count). The third-order valence-corrected chi connectivity index (χ3v) is 5.32. The normalized spacial score (nSPS) is 13.4. The largest absolute Gasteiger partial charge is 0.277 e. The molecule has 30 heavy (non-hydrogen) atoms. The second-order valence-electron chi connectivity index (χ2n) is 7.53. The Hall–Kier alpha value is -3.87. The summed E-state index contributed by atoms with van der Waals surface area (Å²) in [5, 5.41) is 5.24. The number of halogens is 1. The topological polar surface area (TPSA) is 68.1 Å². The molecule has 2 aromatic carbocycles. The van der Waals surface area contributed by atoms with Crippen molar-refractivity contribution in [2.24, 2.45) is 0 Å². The van der Waals surface area contributed by atoms with E-state index < -0.39 is 11.8 Å². The van der Waals surface area contributed by atoms with E-state index in [-0.39, 0.29) is 16.9 Å².